The molecule has 0 amide bonds. The van der Waals surface area contributed by atoms with Crippen LogP contribution in [-0.4, -0.2) is 25.1 Å². The first-order valence-electron chi connectivity index (χ1n) is 4.49. The molecule has 1 saturated heterocycles. The van der Waals surface area contributed by atoms with Crippen molar-refractivity contribution in [2.75, 3.05) is 17.2 Å². The fraction of sp³-hybridized carbons (Fsp3) is 0.625. The third-order valence-corrected chi connectivity index (χ3v) is 4.22. The van der Waals surface area contributed by atoms with E-state index < -0.39 is 9.84 Å². The van der Waals surface area contributed by atoms with Gasteiger partial charge in [-0.05, 0) is 12.8 Å². The van der Waals surface area contributed by atoms with Crippen LogP contribution >= 0.6 is 0 Å². The summed E-state index contributed by atoms with van der Waals surface area (Å²) in [4.78, 5) is 0. The Morgan fingerprint density at radius 2 is 2.07 bits per heavy atom. The first kappa shape index (κ1) is 9.51. The summed E-state index contributed by atoms with van der Waals surface area (Å²) in [5.74, 6) is 1.69. The highest BCUT2D eigenvalue weighted by atomic mass is 32.2. The van der Waals surface area contributed by atoms with Gasteiger partial charge in [0.1, 0.15) is 15.6 Å². The van der Waals surface area contributed by atoms with E-state index in [4.69, 9.17) is 10.3 Å². The van der Waals surface area contributed by atoms with Gasteiger partial charge in [0.25, 0.3) is 0 Å². The van der Waals surface area contributed by atoms with Gasteiger partial charge in [-0.25, -0.2) is 8.42 Å². The summed E-state index contributed by atoms with van der Waals surface area (Å²) < 4.78 is 27.3. The molecule has 1 aliphatic heterocycles. The normalized spacial score (nSPS) is 22.3. The van der Waals surface area contributed by atoms with Gasteiger partial charge in [0.15, 0.2) is 5.82 Å². The highest BCUT2D eigenvalue weighted by molar-refractivity contribution is 7.91. The number of nitrogens with two attached hydrogens (primary N) is 1. The number of hydrogen-bond acceptors (Lipinski definition) is 5. The SMILES string of the molecule is Nc1cc(C2CCS(=O)(=O)CC2)on1. The Balaban J connectivity index is 2.09. The third-order valence-electron chi connectivity index (χ3n) is 2.50. The van der Waals surface area contributed by atoms with E-state index in [9.17, 15) is 8.42 Å². The molecular weight excluding hydrogens is 204 g/mol. The lowest BCUT2D eigenvalue weighted by atomic mass is 10.0. The second kappa shape index (κ2) is 3.27. The van der Waals surface area contributed by atoms with Crippen molar-refractivity contribution in [1.29, 1.82) is 0 Å². The van der Waals surface area contributed by atoms with Crippen molar-refractivity contribution in [3.05, 3.63) is 11.8 Å². The summed E-state index contributed by atoms with van der Waals surface area (Å²) in [7, 11) is -2.81. The fourth-order valence-corrected chi connectivity index (χ4v) is 3.16. The molecule has 2 heterocycles. The number of anilines is 1. The number of rotatable bonds is 1. The second-order valence-electron chi connectivity index (χ2n) is 3.58. The molecule has 0 aromatic carbocycles. The maximum absolute atomic E-state index is 11.2. The molecule has 6 heteroatoms. The molecule has 0 unspecified atom stereocenters. The molecular formula is C8H12N2O3S. The van der Waals surface area contributed by atoms with Crippen LogP contribution in [0.1, 0.15) is 24.5 Å². The van der Waals surface area contributed by atoms with Crippen LogP contribution in [0.4, 0.5) is 5.82 Å². The van der Waals surface area contributed by atoms with Gasteiger partial charge in [-0.2, -0.15) is 0 Å². The Labute approximate surface area is 82.2 Å². The van der Waals surface area contributed by atoms with Crippen molar-refractivity contribution in [3.63, 3.8) is 0 Å². The van der Waals surface area contributed by atoms with E-state index in [2.05, 4.69) is 5.16 Å². The molecule has 2 rings (SSSR count). The van der Waals surface area contributed by atoms with Crippen molar-refractivity contribution < 1.29 is 12.9 Å². The van der Waals surface area contributed by atoms with E-state index in [1.165, 1.54) is 0 Å². The van der Waals surface area contributed by atoms with Crippen LogP contribution in [-0.2, 0) is 9.84 Å². The lowest BCUT2D eigenvalue weighted by Gasteiger charge is -2.18. The standard InChI is InChI=1S/C8H12N2O3S/c9-8-5-7(13-10-8)6-1-3-14(11,12)4-2-6/h5-6H,1-4H2,(H2,9,10). The van der Waals surface area contributed by atoms with Gasteiger partial charge in [0.05, 0.1) is 11.5 Å². The quantitative estimate of drug-likeness (QED) is 0.740. The zero-order valence-electron chi connectivity index (χ0n) is 7.64. The van der Waals surface area contributed by atoms with E-state index in [1.54, 1.807) is 6.07 Å². The number of aromatic nitrogens is 1. The van der Waals surface area contributed by atoms with Crippen LogP contribution < -0.4 is 5.73 Å². The highest BCUT2D eigenvalue weighted by Crippen LogP contribution is 2.29. The first-order chi connectivity index (χ1) is 6.57. The van der Waals surface area contributed by atoms with Crippen LogP contribution in [0.2, 0.25) is 0 Å². The average Bonchev–Trinajstić information content (AvgIpc) is 2.52. The molecule has 0 radical (unpaired) electrons. The smallest absolute Gasteiger partial charge is 0.167 e. The minimum Gasteiger partial charge on any atom is -0.381 e. The molecule has 0 spiro atoms. The molecule has 0 aliphatic carbocycles. The minimum absolute atomic E-state index is 0.156. The van der Waals surface area contributed by atoms with E-state index >= 15 is 0 Å². The van der Waals surface area contributed by atoms with Crippen LogP contribution in [0.3, 0.4) is 0 Å². The molecule has 0 atom stereocenters. The number of hydrogen-bond donors (Lipinski definition) is 1. The molecule has 0 saturated carbocycles. The Bertz CT molecular complexity index is 410. The monoisotopic (exact) mass is 216 g/mol. The highest BCUT2D eigenvalue weighted by Gasteiger charge is 2.27. The lowest BCUT2D eigenvalue weighted by molar-refractivity contribution is 0.352. The first-order valence-corrected chi connectivity index (χ1v) is 6.31. The minimum atomic E-state index is -2.81. The summed E-state index contributed by atoms with van der Waals surface area (Å²) in [5.41, 5.74) is 5.42. The van der Waals surface area contributed by atoms with Crippen LogP contribution in [0.5, 0.6) is 0 Å². The molecule has 1 aromatic rings. The molecule has 78 valence electrons. The molecule has 14 heavy (non-hydrogen) atoms. The van der Waals surface area contributed by atoms with Crippen LogP contribution in [0, 0.1) is 0 Å². The average molecular weight is 216 g/mol. The Hall–Kier alpha value is -1.04. The van der Waals surface area contributed by atoms with Gasteiger partial charge in [-0.15, -0.1) is 0 Å². The van der Waals surface area contributed by atoms with Crippen molar-refractivity contribution in [1.82, 2.24) is 5.16 Å². The number of sulfone groups is 1. The van der Waals surface area contributed by atoms with Crippen molar-refractivity contribution >= 4 is 15.7 Å². The van der Waals surface area contributed by atoms with E-state index in [-0.39, 0.29) is 17.4 Å². The molecule has 2 N–H and O–H groups in total. The van der Waals surface area contributed by atoms with Gasteiger partial charge in [-0.3, -0.25) is 0 Å². The fourth-order valence-electron chi connectivity index (χ4n) is 1.67. The Morgan fingerprint density at radius 1 is 1.43 bits per heavy atom. The third kappa shape index (κ3) is 1.89. The van der Waals surface area contributed by atoms with Gasteiger partial charge < -0.3 is 10.3 Å². The zero-order chi connectivity index (χ0) is 10.2. The van der Waals surface area contributed by atoms with Crippen LogP contribution in [0.25, 0.3) is 0 Å². The van der Waals surface area contributed by atoms with Crippen molar-refractivity contribution in [2.24, 2.45) is 0 Å². The maximum atomic E-state index is 11.2. The molecule has 1 aliphatic rings. The van der Waals surface area contributed by atoms with Gasteiger partial charge in [0.2, 0.25) is 0 Å². The summed E-state index contributed by atoms with van der Waals surface area (Å²) in [6.45, 7) is 0. The molecule has 1 fully saturated rings. The topological polar surface area (TPSA) is 86.2 Å². The second-order valence-corrected chi connectivity index (χ2v) is 5.88. The van der Waals surface area contributed by atoms with Crippen molar-refractivity contribution in [3.8, 4) is 0 Å². The number of nitrogens with zero attached hydrogens (tertiary/aromatic N) is 1. The summed E-state index contributed by atoms with van der Waals surface area (Å²) in [5, 5.41) is 3.58. The zero-order valence-corrected chi connectivity index (χ0v) is 8.46. The van der Waals surface area contributed by atoms with E-state index in [1.807, 2.05) is 0 Å². The predicted octanol–water partition coefficient (Wildman–Crippen LogP) is 0.549. The van der Waals surface area contributed by atoms with E-state index in [0.717, 1.165) is 0 Å². The van der Waals surface area contributed by atoms with E-state index in [0.29, 0.717) is 24.4 Å². The Morgan fingerprint density at radius 3 is 2.57 bits per heavy atom. The molecule has 5 nitrogen and oxygen atoms in total. The molecule has 1 aromatic heterocycles. The molecule has 0 bridgehead atoms. The van der Waals surface area contributed by atoms with Gasteiger partial charge in [0, 0.05) is 12.0 Å². The number of nitrogen functional groups attached to an aromatic ring is 1. The van der Waals surface area contributed by atoms with Gasteiger partial charge >= 0.3 is 0 Å². The largest absolute Gasteiger partial charge is 0.381 e. The lowest BCUT2D eigenvalue weighted by Crippen LogP contribution is -2.21. The summed E-state index contributed by atoms with van der Waals surface area (Å²) >= 11 is 0. The maximum Gasteiger partial charge on any atom is 0.167 e. The van der Waals surface area contributed by atoms with Gasteiger partial charge in [-0.1, -0.05) is 5.16 Å². The van der Waals surface area contributed by atoms with Crippen LogP contribution in [0.15, 0.2) is 10.6 Å². The summed E-state index contributed by atoms with van der Waals surface area (Å²) in [6, 6.07) is 1.67. The Kier molecular flexibility index (Phi) is 2.22. The predicted molar refractivity (Wildman–Crippen MR) is 51.5 cm³/mol. The van der Waals surface area contributed by atoms with Crippen molar-refractivity contribution in [2.45, 2.75) is 18.8 Å². The summed E-state index contributed by atoms with van der Waals surface area (Å²) in [6.07, 6.45) is 1.22.